The second kappa shape index (κ2) is 2.55. The van der Waals surface area contributed by atoms with Gasteiger partial charge in [0.15, 0.2) is 5.17 Å². The molecule has 1 rings (SSSR count). The maximum Gasteiger partial charge on any atom is 0.159 e. The fourth-order valence-corrected chi connectivity index (χ4v) is 1.51. The second-order valence-electron chi connectivity index (χ2n) is 1.34. The van der Waals surface area contributed by atoms with Crippen molar-refractivity contribution >= 4 is 32.9 Å². The molecular weight excluding hydrogens is 188 g/mol. The summed E-state index contributed by atoms with van der Waals surface area (Å²) < 4.78 is 0. The Hall–Kier alpha value is 0.0400. The van der Waals surface area contributed by atoms with Crippen molar-refractivity contribution < 1.29 is 0 Å². The van der Waals surface area contributed by atoms with Gasteiger partial charge in [0.1, 0.15) is 0 Å². The summed E-state index contributed by atoms with van der Waals surface area (Å²) in [5.74, 6) is 0.900. The van der Waals surface area contributed by atoms with Crippen molar-refractivity contribution in [1.29, 1.82) is 0 Å². The zero-order valence-corrected chi connectivity index (χ0v) is 6.50. The maximum absolute atomic E-state index is 5.35. The Morgan fingerprint density at radius 3 is 2.88 bits per heavy atom. The molecule has 0 aromatic carbocycles. The molecule has 4 heteroatoms. The van der Waals surface area contributed by atoms with Crippen LogP contribution < -0.4 is 5.73 Å². The van der Waals surface area contributed by atoms with E-state index in [1.165, 1.54) is 0 Å². The van der Waals surface area contributed by atoms with Crippen LogP contribution in [-0.2, 0) is 0 Å². The number of hydrogen-bond donors (Lipinski definition) is 1. The standard InChI is InChI=1S/C4H5BrN2S/c5-1-3-2-8-4(6)7-3/h1H,2H2,(H2,6,7)/b3-1+. The number of amidine groups is 1. The van der Waals surface area contributed by atoms with Crippen LogP contribution in [0.3, 0.4) is 0 Å². The van der Waals surface area contributed by atoms with E-state index in [9.17, 15) is 0 Å². The van der Waals surface area contributed by atoms with E-state index in [0.29, 0.717) is 5.17 Å². The monoisotopic (exact) mass is 192 g/mol. The van der Waals surface area contributed by atoms with Gasteiger partial charge in [-0.1, -0.05) is 27.7 Å². The van der Waals surface area contributed by atoms with Crippen molar-refractivity contribution in [3.05, 3.63) is 10.7 Å². The molecule has 8 heavy (non-hydrogen) atoms. The third-order valence-corrected chi connectivity index (χ3v) is 2.10. The molecule has 0 spiro atoms. The van der Waals surface area contributed by atoms with Crippen LogP contribution >= 0.6 is 27.7 Å². The summed E-state index contributed by atoms with van der Waals surface area (Å²) in [7, 11) is 0. The lowest BCUT2D eigenvalue weighted by molar-refractivity contribution is 1.36. The summed E-state index contributed by atoms with van der Waals surface area (Å²) in [6, 6.07) is 0. The average Bonchev–Trinajstić information content (AvgIpc) is 2.14. The third kappa shape index (κ3) is 1.26. The molecule has 0 aliphatic carbocycles. The van der Waals surface area contributed by atoms with Gasteiger partial charge < -0.3 is 5.73 Å². The van der Waals surface area contributed by atoms with Gasteiger partial charge in [-0.25, -0.2) is 4.99 Å². The molecule has 1 aliphatic rings. The number of nitrogens with two attached hydrogens (primary N) is 1. The summed E-state index contributed by atoms with van der Waals surface area (Å²) in [4.78, 5) is 5.77. The lowest BCUT2D eigenvalue weighted by Crippen LogP contribution is -2.00. The summed E-state index contributed by atoms with van der Waals surface area (Å²) >= 11 is 4.73. The highest BCUT2D eigenvalue weighted by molar-refractivity contribution is 9.11. The second-order valence-corrected chi connectivity index (χ2v) is 2.79. The van der Waals surface area contributed by atoms with Gasteiger partial charge >= 0.3 is 0 Å². The van der Waals surface area contributed by atoms with Crippen molar-refractivity contribution in [3.8, 4) is 0 Å². The first-order chi connectivity index (χ1) is 3.83. The van der Waals surface area contributed by atoms with Gasteiger partial charge in [-0.3, -0.25) is 0 Å². The van der Waals surface area contributed by atoms with Gasteiger partial charge in [-0.15, -0.1) is 0 Å². The molecule has 1 heterocycles. The molecule has 2 nitrogen and oxygen atoms in total. The zero-order chi connectivity index (χ0) is 5.98. The molecule has 0 aromatic rings. The Kier molecular flexibility index (Phi) is 1.96. The molecule has 0 radical (unpaired) electrons. The number of hydrogen-bond acceptors (Lipinski definition) is 3. The first kappa shape index (κ1) is 6.16. The highest BCUT2D eigenvalue weighted by Crippen LogP contribution is 2.18. The molecule has 0 aromatic heterocycles. The van der Waals surface area contributed by atoms with Gasteiger partial charge in [0.25, 0.3) is 0 Å². The Morgan fingerprint density at radius 1 is 1.88 bits per heavy atom. The number of thioether (sulfide) groups is 1. The fourth-order valence-electron chi connectivity index (χ4n) is 0.410. The van der Waals surface area contributed by atoms with Crippen LogP contribution in [0.2, 0.25) is 0 Å². The van der Waals surface area contributed by atoms with Crippen molar-refractivity contribution in [2.75, 3.05) is 5.75 Å². The third-order valence-electron chi connectivity index (χ3n) is 0.748. The minimum atomic E-state index is 0.663. The highest BCUT2D eigenvalue weighted by atomic mass is 79.9. The van der Waals surface area contributed by atoms with Crippen LogP contribution in [0.25, 0.3) is 0 Å². The lowest BCUT2D eigenvalue weighted by atomic mass is 10.6. The Morgan fingerprint density at radius 2 is 2.62 bits per heavy atom. The highest BCUT2D eigenvalue weighted by Gasteiger charge is 2.05. The first-order valence-corrected chi connectivity index (χ1v) is 3.99. The number of halogens is 1. The van der Waals surface area contributed by atoms with E-state index in [-0.39, 0.29) is 0 Å². The summed E-state index contributed by atoms with van der Waals surface area (Å²) in [6.07, 6.45) is 0. The van der Waals surface area contributed by atoms with Gasteiger partial charge in [-0.2, -0.15) is 0 Å². The smallest absolute Gasteiger partial charge is 0.159 e. The quantitative estimate of drug-likeness (QED) is 0.629. The van der Waals surface area contributed by atoms with E-state index in [2.05, 4.69) is 20.9 Å². The largest absolute Gasteiger partial charge is 0.378 e. The van der Waals surface area contributed by atoms with E-state index in [0.717, 1.165) is 11.4 Å². The van der Waals surface area contributed by atoms with Crippen LogP contribution in [0, 0.1) is 0 Å². The molecule has 0 atom stereocenters. The van der Waals surface area contributed by atoms with E-state index >= 15 is 0 Å². The van der Waals surface area contributed by atoms with Crippen molar-refractivity contribution in [3.63, 3.8) is 0 Å². The molecule has 2 N–H and O–H groups in total. The molecule has 0 amide bonds. The van der Waals surface area contributed by atoms with E-state index < -0.39 is 0 Å². The van der Waals surface area contributed by atoms with Crippen molar-refractivity contribution in [2.45, 2.75) is 0 Å². The molecule has 0 unspecified atom stereocenters. The van der Waals surface area contributed by atoms with Crippen LogP contribution in [0.1, 0.15) is 0 Å². The fraction of sp³-hybridized carbons (Fsp3) is 0.250. The Balaban J connectivity index is 2.67. The predicted molar refractivity (Wildman–Crippen MR) is 41.1 cm³/mol. The molecule has 44 valence electrons. The zero-order valence-electron chi connectivity index (χ0n) is 4.10. The minimum absolute atomic E-state index is 0.663. The van der Waals surface area contributed by atoms with Gasteiger partial charge in [0.05, 0.1) is 5.70 Å². The molecule has 0 saturated heterocycles. The van der Waals surface area contributed by atoms with Crippen LogP contribution in [0.15, 0.2) is 15.7 Å². The Labute approximate surface area is 60.4 Å². The van der Waals surface area contributed by atoms with Gasteiger partial charge in [0, 0.05) is 10.7 Å². The molecule has 1 aliphatic heterocycles. The van der Waals surface area contributed by atoms with Crippen molar-refractivity contribution in [2.24, 2.45) is 10.7 Å². The first-order valence-electron chi connectivity index (χ1n) is 2.09. The molecule has 0 saturated carbocycles. The van der Waals surface area contributed by atoms with E-state index in [1.807, 2.05) is 0 Å². The summed E-state index contributed by atoms with van der Waals surface area (Å²) in [6.45, 7) is 0. The van der Waals surface area contributed by atoms with E-state index in [4.69, 9.17) is 5.73 Å². The van der Waals surface area contributed by atoms with Crippen LogP contribution in [0.4, 0.5) is 0 Å². The van der Waals surface area contributed by atoms with Crippen LogP contribution in [0.5, 0.6) is 0 Å². The minimum Gasteiger partial charge on any atom is -0.378 e. The summed E-state index contributed by atoms with van der Waals surface area (Å²) in [5.41, 5.74) is 6.36. The lowest BCUT2D eigenvalue weighted by Gasteiger charge is -1.79. The molecule has 0 fully saturated rings. The normalized spacial score (nSPS) is 24.1. The van der Waals surface area contributed by atoms with E-state index in [1.54, 1.807) is 16.7 Å². The summed E-state index contributed by atoms with van der Waals surface area (Å²) in [5, 5.41) is 0.663. The number of rotatable bonds is 0. The van der Waals surface area contributed by atoms with Crippen LogP contribution in [-0.4, -0.2) is 10.9 Å². The predicted octanol–water partition coefficient (Wildman–Crippen LogP) is 1.28. The SMILES string of the molecule is NC1=N/C(=C/Br)CS1. The van der Waals surface area contributed by atoms with Gasteiger partial charge in [-0.05, 0) is 0 Å². The topological polar surface area (TPSA) is 38.4 Å². The van der Waals surface area contributed by atoms with Crippen molar-refractivity contribution in [1.82, 2.24) is 0 Å². The molecule has 0 bridgehead atoms. The van der Waals surface area contributed by atoms with Gasteiger partial charge in [0.2, 0.25) is 0 Å². The molecular formula is C4H5BrN2S. The maximum atomic E-state index is 5.35. The number of nitrogens with zero attached hydrogens (tertiary/aromatic N) is 1. The Bertz CT molecular complexity index is 152. The number of aliphatic imine (C=N–C) groups is 1. The average molecular weight is 193 g/mol.